The van der Waals surface area contributed by atoms with Crippen LogP contribution in [0.25, 0.3) is 11.4 Å². The fraction of sp³-hybridized carbons (Fsp3) is 0.222. The summed E-state index contributed by atoms with van der Waals surface area (Å²) in [6.07, 6.45) is 1.70. The van der Waals surface area contributed by atoms with Crippen LogP contribution in [0.4, 0.5) is 0 Å². The molecular weight excluding hydrogens is 320 g/mol. The van der Waals surface area contributed by atoms with E-state index in [9.17, 15) is 4.79 Å². The predicted octanol–water partition coefficient (Wildman–Crippen LogP) is 1.98. The number of para-hydroxylation sites is 2. The number of amides is 1. The molecule has 0 saturated heterocycles. The van der Waals surface area contributed by atoms with E-state index in [2.05, 4.69) is 15.5 Å². The maximum atomic E-state index is 12.3. The van der Waals surface area contributed by atoms with E-state index < -0.39 is 0 Å². The summed E-state index contributed by atoms with van der Waals surface area (Å²) in [5.41, 5.74) is 2.08. The number of aromatic nitrogens is 3. The van der Waals surface area contributed by atoms with Crippen molar-refractivity contribution in [3.8, 4) is 22.9 Å². The van der Waals surface area contributed by atoms with Gasteiger partial charge >= 0.3 is 0 Å². The molecule has 0 unspecified atom stereocenters. The average molecular weight is 338 g/mol. The van der Waals surface area contributed by atoms with Crippen LogP contribution in [0.1, 0.15) is 10.5 Å². The van der Waals surface area contributed by atoms with Crippen LogP contribution < -0.4 is 14.8 Å². The number of carbonyl (C=O) groups is 1. The molecule has 3 aromatic rings. The number of H-pyrrole nitrogens is 1. The van der Waals surface area contributed by atoms with Gasteiger partial charge in [0, 0.05) is 13.2 Å². The van der Waals surface area contributed by atoms with Crippen LogP contribution in [0.15, 0.2) is 48.7 Å². The highest BCUT2D eigenvalue weighted by Gasteiger charge is 2.21. The van der Waals surface area contributed by atoms with Gasteiger partial charge in [-0.25, -0.2) is 0 Å². The molecule has 0 aliphatic carbocycles. The largest absolute Gasteiger partial charge is 0.486 e. The normalized spacial score (nSPS) is 15.8. The molecule has 7 nitrogen and oxygen atoms in total. The van der Waals surface area contributed by atoms with Gasteiger partial charge in [-0.1, -0.05) is 12.1 Å². The number of aromatic amines is 1. The Labute approximate surface area is 144 Å². The summed E-state index contributed by atoms with van der Waals surface area (Å²) in [6.45, 7) is 0.751. The van der Waals surface area contributed by atoms with Gasteiger partial charge in [-0.15, -0.1) is 0 Å². The molecule has 1 aromatic carbocycles. The monoisotopic (exact) mass is 338 g/mol. The molecule has 0 radical (unpaired) electrons. The van der Waals surface area contributed by atoms with Crippen LogP contribution in [-0.2, 0) is 7.05 Å². The van der Waals surface area contributed by atoms with Gasteiger partial charge in [0.2, 0.25) is 0 Å². The molecule has 3 heterocycles. The standard InChI is InChI=1S/C18H18N4O3/c1-22-8-4-5-15(22)13-9-14(21-20-13)18(23)19-10-12-11-24-16-6-2-3-7-17(16)25-12/h2-9,12H,10-11H2,1H3,(H,19,23)(H,20,21)/t12-/m0/s1. The van der Waals surface area contributed by atoms with Gasteiger partial charge in [0.1, 0.15) is 24.1 Å². The third-order valence-corrected chi connectivity index (χ3v) is 4.09. The number of ether oxygens (including phenoxy) is 2. The maximum Gasteiger partial charge on any atom is 0.269 e. The smallest absolute Gasteiger partial charge is 0.269 e. The van der Waals surface area contributed by atoms with Crippen LogP contribution in [0.3, 0.4) is 0 Å². The van der Waals surface area contributed by atoms with Crippen LogP contribution in [-0.4, -0.2) is 39.9 Å². The van der Waals surface area contributed by atoms with Crippen LogP contribution >= 0.6 is 0 Å². The summed E-state index contributed by atoms with van der Waals surface area (Å²) in [6, 6.07) is 13.1. The van der Waals surface area contributed by atoms with Crippen molar-refractivity contribution in [3.05, 3.63) is 54.4 Å². The Balaban J connectivity index is 1.37. The summed E-state index contributed by atoms with van der Waals surface area (Å²) in [4.78, 5) is 12.3. The van der Waals surface area contributed by atoms with Crippen LogP contribution in [0, 0.1) is 0 Å². The Bertz CT molecular complexity index is 899. The molecule has 7 heteroatoms. The first-order valence-corrected chi connectivity index (χ1v) is 8.04. The predicted molar refractivity (Wildman–Crippen MR) is 91.7 cm³/mol. The van der Waals surface area contributed by atoms with Gasteiger partial charge < -0.3 is 19.4 Å². The number of carbonyl (C=O) groups excluding carboxylic acids is 1. The van der Waals surface area contributed by atoms with Gasteiger partial charge in [0.25, 0.3) is 5.91 Å². The minimum Gasteiger partial charge on any atom is -0.486 e. The Morgan fingerprint density at radius 3 is 2.96 bits per heavy atom. The lowest BCUT2D eigenvalue weighted by molar-refractivity contribution is 0.0786. The van der Waals surface area contributed by atoms with E-state index in [1.807, 2.05) is 54.2 Å². The number of nitrogens with one attached hydrogen (secondary N) is 2. The quantitative estimate of drug-likeness (QED) is 0.762. The van der Waals surface area contributed by atoms with E-state index in [4.69, 9.17) is 9.47 Å². The molecule has 25 heavy (non-hydrogen) atoms. The first kappa shape index (κ1) is 15.3. The molecule has 0 saturated carbocycles. The fourth-order valence-electron chi connectivity index (χ4n) is 2.76. The number of rotatable bonds is 4. The average Bonchev–Trinajstić information content (AvgIpc) is 3.28. The van der Waals surface area contributed by atoms with Gasteiger partial charge in [-0.3, -0.25) is 9.89 Å². The van der Waals surface area contributed by atoms with Crippen molar-refractivity contribution in [1.82, 2.24) is 20.1 Å². The molecule has 2 aromatic heterocycles. The van der Waals surface area contributed by atoms with Crippen molar-refractivity contribution in [3.63, 3.8) is 0 Å². The summed E-state index contributed by atoms with van der Waals surface area (Å²) in [7, 11) is 1.93. The zero-order valence-corrected chi connectivity index (χ0v) is 13.7. The highest BCUT2D eigenvalue weighted by molar-refractivity contribution is 5.93. The molecular formula is C18H18N4O3. The summed E-state index contributed by atoms with van der Waals surface area (Å²) in [5, 5.41) is 9.83. The molecule has 1 aliphatic heterocycles. The van der Waals surface area contributed by atoms with Gasteiger partial charge in [0.15, 0.2) is 11.5 Å². The van der Waals surface area contributed by atoms with Crippen LogP contribution in [0.5, 0.6) is 11.5 Å². The van der Waals surface area contributed by atoms with Crippen LogP contribution in [0.2, 0.25) is 0 Å². The molecule has 1 aliphatic rings. The van der Waals surface area contributed by atoms with E-state index in [0.29, 0.717) is 24.6 Å². The molecule has 1 atom stereocenters. The molecule has 4 rings (SSSR count). The number of nitrogens with zero attached hydrogens (tertiary/aromatic N) is 2. The lowest BCUT2D eigenvalue weighted by Crippen LogP contribution is -2.40. The van der Waals surface area contributed by atoms with Crippen molar-refractivity contribution in [2.45, 2.75) is 6.10 Å². The molecule has 0 spiro atoms. The second-order valence-corrected chi connectivity index (χ2v) is 5.88. The Morgan fingerprint density at radius 2 is 2.16 bits per heavy atom. The Kier molecular flexibility index (Phi) is 3.89. The van der Waals surface area contributed by atoms with E-state index in [1.54, 1.807) is 6.07 Å². The first-order valence-electron chi connectivity index (χ1n) is 8.04. The van der Waals surface area contributed by atoms with Crippen molar-refractivity contribution in [2.24, 2.45) is 7.05 Å². The lowest BCUT2D eigenvalue weighted by Gasteiger charge is -2.26. The minimum absolute atomic E-state index is 0.226. The molecule has 0 bridgehead atoms. The van der Waals surface area contributed by atoms with E-state index in [1.165, 1.54) is 0 Å². The van der Waals surface area contributed by atoms with E-state index >= 15 is 0 Å². The van der Waals surface area contributed by atoms with Crippen molar-refractivity contribution < 1.29 is 14.3 Å². The molecule has 1 amide bonds. The summed E-state index contributed by atoms with van der Waals surface area (Å²) >= 11 is 0. The summed E-state index contributed by atoms with van der Waals surface area (Å²) < 4.78 is 13.4. The zero-order valence-electron chi connectivity index (χ0n) is 13.7. The Morgan fingerprint density at radius 1 is 1.32 bits per heavy atom. The Hall–Kier alpha value is -3.22. The molecule has 2 N–H and O–H groups in total. The molecule has 128 valence electrons. The number of fused-ring (bicyclic) bond motifs is 1. The SMILES string of the molecule is Cn1cccc1-c1cc(C(=O)NC[C@H]2COc3ccccc3O2)[nH]n1. The second kappa shape index (κ2) is 6.35. The molecule has 0 fully saturated rings. The maximum absolute atomic E-state index is 12.3. The number of hydrogen-bond acceptors (Lipinski definition) is 4. The van der Waals surface area contributed by atoms with Crippen molar-refractivity contribution in [1.29, 1.82) is 0 Å². The van der Waals surface area contributed by atoms with Gasteiger partial charge in [-0.05, 0) is 30.3 Å². The minimum atomic E-state index is -0.228. The van der Waals surface area contributed by atoms with Crippen molar-refractivity contribution in [2.75, 3.05) is 13.2 Å². The third kappa shape index (κ3) is 3.08. The van der Waals surface area contributed by atoms with E-state index in [-0.39, 0.29) is 12.0 Å². The fourth-order valence-corrected chi connectivity index (χ4v) is 2.76. The highest BCUT2D eigenvalue weighted by atomic mass is 16.6. The van der Waals surface area contributed by atoms with Gasteiger partial charge in [-0.2, -0.15) is 5.10 Å². The number of aryl methyl sites for hydroxylation is 1. The van der Waals surface area contributed by atoms with E-state index in [0.717, 1.165) is 17.1 Å². The number of benzene rings is 1. The number of hydrogen-bond donors (Lipinski definition) is 2. The van der Waals surface area contributed by atoms with Crippen molar-refractivity contribution >= 4 is 5.91 Å². The lowest BCUT2D eigenvalue weighted by atomic mass is 10.2. The third-order valence-electron chi connectivity index (χ3n) is 4.09. The topological polar surface area (TPSA) is 81.2 Å². The summed E-state index contributed by atoms with van der Waals surface area (Å²) in [5.74, 6) is 1.20. The second-order valence-electron chi connectivity index (χ2n) is 5.88. The first-order chi connectivity index (χ1) is 12.2. The van der Waals surface area contributed by atoms with Gasteiger partial charge in [0.05, 0.1) is 12.2 Å². The zero-order chi connectivity index (χ0) is 17.2. The highest BCUT2D eigenvalue weighted by Crippen LogP contribution is 2.30.